The highest BCUT2D eigenvalue weighted by molar-refractivity contribution is 6.22. The van der Waals surface area contributed by atoms with Gasteiger partial charge in [-0.2, -0.15) is 0 Å². The second kappa shape index (κ2) is 11.8. The molecule has 0 aliphatic heterocycles. The summed E-state index contributed by atoms with van der Waals surface area (Å²) in [6.07, 6.45) is 1.90. The minimum Gasteiger partial charge on any atom is -0.0622 e. The van der Waals surface area contributed by atoms with Crippen LogP contribution in [0.15, 0.2) is 146 Å². The van der Waals surface area contributed by atoms with Crippen molar-refractivity contribution in [2.24, 2.45) is 0 Å². The maximum atomic E-state index is 2.63. The van der Waals surface area contributed by atoms with Crippen LogP contribution in [-0.2, 0) is 23.7 Å². The first-order valence-electron chi connectivity index (χ1n) is 20.4. The van der Waals surface area contributed by atoms with Crippen LogP contribution in [-0.4, -0.2) is 0 Å². The van der Waals surface area contributed by atoms with E-state index in [0.717, 1.165) is 12.8 Å². The monoisotopic (exact) mass is 718 g/mol. The van der Waals surface area contributed by atoms with E-state index in [1.54, 1.807) is 0 Å². The zero-order valence-corrected chi connectivity index (χ0v) is 33.3. The van der Waals surface area contributed by atoms with Crippen LogP contribution in [0.1, 0.15) is 74.9 Å². The van der Waals surface area contributed by atoms with Gasteiger partial charge < -0.3 is 0 Å². The van der Waals surface area contributed by atoms with Gasteiger partial charge in [0, 0.05) is 0 Å². The second-order valence-electron chi connectivity index (χ2n) is 18.4. The molecule has 0 fully saturated rings. The van der Waals surface area contributed by atoms with E-state index in [1.807, 2.05) is 0 Å². The molecule has 9 aromatic rings. The van der Waals surface area contributed by atoms with Gasteiger partial charge >= 0.3 is 0 Å². The van der Waals surface area contributed by atoms with Crippen LogP contribution < -0.4 is 0 Å². The molecule has 0 heteroatoms. The third-order valence-corrected chi connectivity index (χ3v) is 12.8. The zero-order chi connectivity index (χ0) is 38.1. The first-order valence-corrected chi connectivity index (χ1v) is 20.4. The van der Waals surface area contributed by atoms with E-state index in [-0.39, 0.29) is 10.8 Å². The molecule has 0 radical (unpaired) electrons. The summed E-state index contributed by atoms with van der Waals surface area (Å²) in [5.74, 6) is 0. The van der Waals surface area contributed by atoms with Crippen molar-refractivity contribution in [2.45, 2.75) is 65.2 Å². The Morgan fingerprint density at radius 1 is 0.357 bits per heavy atom. The first-order chi connectivity index (χ1) is 27.1. The fraction of sp³-hybridized carbons (Fsp3) is 0.179. The average Bonchev–Trinajstić information content (AvgIpc) is 3.74. The summed E-state index contributed by atoms with van der Waals surface area (Å²) in [4.78, 5) is 0. The summed E-state index contributed by atoms with van der Waals surface area (Å²) in [5.41, 5.74) is 19.8. The van der Waals surface area contributed by atoms with Crippen LogP contribution in [0.25, 0.3) is 87.6 Å². The molecule has 11 rings (SSSR count). The second-order valence-corrected chi connectivity index (χ2v) is 18.4. The summed E-state index contributed by atoms with van der Waals surface area (Å²) in [5, 5.41) is 10.8. The van der Waals surface area contributed by atoms with Crippen molar-refractivity contribution in [3.8, 4) is 44.5 Å². The third kappa shape index (κ3) is 4.72. The van der Waals surface area contributed by atoms with Gasteiger partial charge in [0.05, 0.1) is 0 Å². The molecule has 270 valence electrons. The number of benzene rings is 9. The van der Waals surface area contributed by atoms with Crippen molar-refractivity contribution in [3.63, 3.8) is 0 Å². The molecule has 56 heavy (non-hydrogen) atoms. The highest BCUT2D eigenvalue weighted by Crippen LogP contribution is 2.57. The molecule has 2 aliphatic rings. The lowest BCUT2D eigenvalue weighted by atomic mass is 9.75. The Morgan fingerprint density at radius 2 is 0.750 bits per heavy atom. The molecular formula is C56H46. The fourth-order valence-corrected chi connectivity index (χ4v) is 10.9. The van der Waals surface area contributed by atoms with E-state index >= 15 is 0 Å². The van der Waals surface area contributed by atoms with Gasteiger partial charge in [0.2, 0.25) is 0 Å². The summed E-state index contributed by atoms with van der Waals surface area (Å²) < 4.78 is 0. The lowest BCUT2D eigenvalue weighted by Gasteiger charge is -2.29. The molecule has 0 saturated carbocycles. The maximum absolute atomic E-state index is 2.63. The third-order valence-electron chi connectivity index (χ3n) is 12.8. The quantitative estimate of drug-likeness (QED) is 0.156. The molecule has 0 aromatic heterocycles. The number of hydrogen-bond donors (Lipinski definition) is 0. The van der Waals surface area contributed by atoms with Crippen molar-refractivity contribution in [1.82, 2.24) is 0 Å². The SMILES string of the molecule is CC(C)(C)c1c2c(c(-c3ccccc3)c3c1ccc1ccccc13)-c1cc3c(cc1C2)Cc1c-3c(-c2ccccc2)c2c(ccc3ccccc32)c1C(C)(C)C. The molecule has 0 spiro atoms. The molecule has 0 saturated heterocycles. The summed E-state index contributed by atoms with van der Waals surface area (Å²) in [6.45, 7) is 14.5. The van der Waals surface area contributed by atoms with Gasteiger partial charge in [-0.25, -0.2) is 0 Å². The fourth-order valence-electron chi connectivity index (χ4n) is 10.9. The van der Waals surface area contributed by atoms with Gasteiger partial charge in [-0.3, -0.25) is 0 Å². The predicted molar refractivity (Wildman–Crippen MR) is 241 cm³/mol. The normalized spacial score (nSPS) is 13.4. The Bertz CT molecular complexity index is 2900. The molecule has 0 nitrogen and oxygen atoms in total. The van der Waals surface area contributed by atoms with Gasteiger partial charge in [0.15, 0.2) is 0 Å². The molecule has 0 N–H and O–H groups in total. The van der Waals surface area contributed by atoms with Crippen LogP contribution in [0.5, 0.6) is 0 Å². The van der Waals surface area contributed by atoms with Crippen molar-refractivity contribution in [2.75, 3.05) is 0 Å². The summed E-state index contributed by atoms with van der Waals surface area (Å²) >= 11 is 0. The number of hydrogen-bond acceptors (Lipinski definition) is 0. The van der Waals surface area contributed by atoms with Crippen molar-refractivity contribution >= 4 is 43.1 Å². The lowest BCUT2D eigenvalue weighted by Crippen LogP contribution is -2.16. The van der Waals surface area contributed by atoms with Crippen molar-refractivity contribution in [1.29, 1.82) is 0 Å². The highest BCUT2D eigenvalue weighted by atomic mass is 14.4. The average molecular weight is 719 g/mol. The molecule has 2 aliphatic carbocycles. The van der Waals surface area contributed by atoms with E-state index in [1.165, 1.54) is 121 Å². The number of rotatable bonds is 2. The van der Waals surface area contributed by atoms with Gasteiger partial charge in [0.1, 0.15) is 0 Å². The van der Waals surface area contributed by atoms with Crippen molar-refractivity contribution < 1.29 is 0 Å². The molecule has 0 atom stereocenters. The predicted octanol–water partition coefficient (Wildman–Crippen LogP) is 15.4. The van der Waals surface area contributed by atoms with Crippen LogP contribution in [0.4, 0.5) is 0 Å². The van der Waals surface area contributed by atoms with Crippen LogP contribution in [0.2, 0.25) is 0 Å². The first kappa shape index (κ1) is 33.4. The van der Waals surface area contributed by atoms with E-state index in [2.05, 4.69) is 187 Å². The molecule has 0 amide bonds. The zero-order valence-electron chi connectivity index (χ0n) is 33.3. The number of fused-ring (bicyclic) bond motifs is 12. The molecule has 0 bridgehead atoms. The highest BCUT2D eigenvalue weighted by Gasteiger charge is 2.37. The largest absolute Gasteiger partial charge is 0.0622 e. The van der Waals surface area contributed by atoms with E-state index in [0.29, 0.717) is 0 Å². The van der Waals surface area contributed by atoms with Crippen molar-refractivity contribution in [3.05, 3.63) is 179 Å². The Morgan fingerprint density at radius 3 is 1.16 bits per heavy atom. The summed E-state index contributed by atoms with van der Waals surface area (Å²) in [7, 11) is 0. The molecule has 9 aromatic carbocycles. The van der Waals surface area contributed by atoms with Gasteiger partial charge in [-0.15, -0.1) is 0 Å². The lowest BCUT2D eigenvalue weighted by molar-refractivity contribution is 0.591. The molecule has 0 heterocycles. The van der Waals surface area contributed by atoms with E-state index in [4.69, 9.17) is 0 Å². The Labute approximate surface area is 330 Å². The minimum absolute atomic E-state index is 0.0422. The van der Waals surface area contributed by atoms with Gasteiger partial charge in [0.25, 0.3) is 0 Å². The molecular weight excluding hydrogens is 673 g/mol. The standard InChI is InChI=1S/C56H46/c1-55(2,3)53-41-27-25-33-17-13-15-23-39(33)49(41)47(35-19-9-7-10-20-35)51-43-32-44-38(29-37(43)30-45(51)53)31-46-52(44)48(36-21-11-8-12-22-36)50-40-24-16-14-18-34(40)26-28-42(50)54(46)56(4,5)6/h7-29,32H,30-31H2,1-6H3. The Hall–Kier alpha value is -5.98. The van der Waals surface area contributed by atoms with E-state index in [9.17, 15) is 0 Å². The Balaban J connectivity index is 1.31. The minimum atomic E-state index is -0.0422. The maximum Gasteiger partial charge on any atom is -0.000995 e. The van der Waals surface area contributed by atoms with Crippen LogP contribution in [0, 0.1) is 0 Å². The van der Waals surface area contributed by atoms with E-state index < -0.39 is 0 Å². The van der Waals surface area contributed by atoms with Crippen LogP contribution >= 0.6 is 0 Å². The van der Waals surface area contributed by atoms with Gasteiger partial charge in [-0.1, -0.05) is 181 Å². The smallest absolute Gasteiger partial charge is 0.000995 e. The topological polar surface area (TPSA) is 0 Å². The van der Waals surface area contributed by atoms with Gasteiger partial charge in [-0.05, 0) is 151 Å². The summed E-state index contributed by atoms with van der Waals surface area (Å²) in [6, 6.07) is 55.2. The molecule has 0 unspecified atom stereocenters. The Kier molecular flexibility index (Phi) is 7.01. The van der Waals surface area contributed by atoms with Crippen LogP contribution in [0.3, 0.4) is 0 Å².